The minimum atomic E-state index is 0.0828. The predicted molar refractivity (Wildman–Crippen MR) is 95.2 cm³/mol. The first kappa shape index (κ1) is 16.2. The summed E-state index contributed by atoms with van der Waals surface area (Å²) < 4.78 is 0. The molecule has 1 aliphatic heterocycles. The first-order chi connectivity index (χ1) is 11.7. The van der Waals surface area contributed by atoms with Gasteiger partial charge in [0.2, 0.25) is 0 Å². The van der Waals surface area contributed by atoms with Gasteiger partial charge in [0.25, 0.3) is 0 Å². The number of benzene rings is 2. The lowest BCUT2D eigenvalue weighted by atomic mass is 10.1. The average molecular weight is 322 g/mol. The molecule has 0 atom stereocenters. The standard InChI is InChI=1S/C19H22N4O/c1-16(24)18-9-7-17(8-10-18)15-20-21-23-13-11-22(12-14-23)19-5-3-2-4-6-19/h2-10H,11-15H2,1H3. The van der Waals surface area contributed by atoms with Crippen molar-refractivity contribution in [3.05, 3.63) is 65.7 Å². The molecule has 1 fully saturated rings. The SMILES string of the molecule is CC(=O)c1ccc(CN=NN2CCN(c3ccccc3)CC2)cc1. The molecule has 0 aromatic heterocycles. The molecule has 2 aromatic rings. The van der Waals surface area contributed by atoms with Gasteiger partial charge in [-0.3, -0.25) is 9.80 Å². The van der Waals surface area contributed by atoms with Gasteiger partial charge in [0.05, 0.1) is 19.6 Å². The molecule has 2 aromatic carbocycles. The van der Waals surface area contributed by atoms with Crippen LogP contribution < -0.4 is 4.90 Å². The highest BCUT2D eigenvalue weighted by Crippen LogP contribution is 2.15. The molecule has 5 nitrogen and oxygen atoms in total. The summed E-state index contributed by atoms with van der Waals surface area (Å²) in [6.07, 6.45) is 0. The zero-order valence-electron chi connectivity index (χ0n) is 13.9. The summed E-state index contributed by atoms with van der Waals surface area (Å²) in [5.41, 5.74) is 3.05. The Morgan fingerprint density at radius 2 is 1.62 bits per heavy atom. The number of carbonyl (C=O) groups excluding carboxylic acids is 1. The summed E-state index contributed by atoms with van der Waals surface area (Å²) >= 11 is 0. The van der Waals surface area contributed by atoms with Crippen LogP contribution in [0.4, 0.5) is 5.69 Å². The average Bonchev–Trinajstić information content (AvgIpc) is 2.63. The van der Waals surface area contributed by atoms with Gasteiger partial charge >= 0.3 is 0 Å². The lowest BCUT2D eigenvalue weighted by Gasteiger charge is -2.33. The summed E-state index contributed by atoms with van der Waals surface area (Å²) in [6.45, 7) is 5.77. The van der Waals surface area contributed by atoms with E-state index in [4.69, 9.17) is 0 Å². The fraction of sp³-hybridized carbons (Fsp3) is 0.316. The Bertz CT molecular complexity index is 689. The van der Waals surface area contributed by atoms with Crippen molar-refractivity contribution in [2.45, 2.75) is 13.5 Å². The Morgan fingerprint density at radius 1 is 0.958 bits per heavy atom. The number of rotatable bonds is 5. The number of hydrogen-bond donors (Lipinski definition) is 0. The lowest BCUT2D eigenvalue weighted by molar-refractivity contribution is 0.101. The van der Waals surface area contributed by atoms with E-state index >= 15 is 0 Å². The maximum atomic E-state index is 11.3. The fourth-order valence-corrected chi connectivity index (χ4v) is 2.73. The summed E-state index contributed by atoms with van der Waals surface area (Å²) in [5, 5.41) is 10.6. The van der Waals surface area contributed by atoms with Gasteiger partial charge in [0, 0.05) is 24.3 Å². The van der Waals surface area contributed by atoms with Crippen LogP contribution in [0.1, 0.15) is 22.8 Å². The molecule has 1 heterocycles. The Balaban J connectivity index is 1.47. The second kappa shape index (κ2) is 7.73. The number of anilines is 1. The van der Waals surface area contributed by atoms with E-state index in [9.17, 15) is 4.79 Å². The van der Waals surface area contributed by atoms with Gasteiger partial charge in [-0.25, -0.2) is 0 Å². The highest BCUT2D eigenvalue weighted by molar-refractivity contribution is 5.93. The van der Waals surface area contributed by atoms with Gasteiger partial charge in [-0.2, -0.15) is 5.11 Å². The van der Waals surface area contributed by atoms with E-state index in [0.29, 0.717) is 6.54 Å². The van der Waals surface area contributed by atoms with Crippen molar-refractivity contribution in [1.29, 1.82) is 0 Å². The Kier molecular flexibility index (Phi) is 5.21. The van der Waals surface area contributed by atoms with E-state index < -0.39 is 0 Å². The Hall–Kier alpha value is -2.69. The second-order valence-corrected chi connectivity index (χ2v) is 5.92. The van der Waals surface area contributed by atoms with Crippen molar-refractivity contribution in [2.24, 2.45) is 10.3 Å². The highest BCUT2D eigenvalue weighted by atomic mass is 16.1. The highest BCUT2D eigenvalue weighted by Gasteiger charge is 2.15. The van der Waals surface area contributed by atoms with Crippen LogP contribution in [-0.4, -0.2) is 37.0 Å². The third-order valence-electron chi connectivity index (χ3n) is 4.18. The van der Waals surface area contributed by atoms with Crippen LogP contribution in [0.15, 0.2) is 64.9 Å². The summed E-state index contributed by atoms with van der Waals surface area (Å²) in [7, 11) is 0. The maximum absolute atomic E-state index is 11.3. The van der Waals surface area contributed by atoms with E-state index in [-0.39, 0.29) is 5.78 Å². The first-order valence-corrected chi connectivity index (χ1v) is 8.24. The quantitative estimate of drug-likeness (QED) is 0.624. The van der Waals surface area contributed by atoms with Gasteiger partial charge in [0.1, 0.15) is 0 Å². The molecule has 0 saturated carbocycles. The molecule has 0 aliphatic carbocycles. The molecule has 5 heteroatoms. The number of ketones is 1. The van der Waals surface area contributed by atoms with Crippen molar-refractivity contribution < 1.29 is 4.79 Å². The zero-order valence-corrected chi connectivity index (χ0v) is 13.9. The molecule has 0 spiro atoms. The molecular formula is C19H22N4O. The van der Waals surface area contributed by atoms with Gasteiger partial charge < -0.3 is 4.90 Å². The van der Waals surface area contributed by atoms with Crippen molar-refractivity contribution in [3.63, 3.8) is 0 Å². The van der Waals surface area contributed by atoms with E-state index in [1.165, 1.54) is 5.69 Å². The number of para-hydroxylation sites is 1. The maximum Gasteiger partial charge on any atom is 0.159 e. The molecule has 0 bridgehead atoms. The van der Waals surface area contributed by atoms with E-state index in [0.717, 1.165) is 37.3 Å². The molecule has 24 heavy (non-hydrogen) atoms. The predicted octanol–water partition coefficient (Wildman–Crippen LogP) is 3.58. The van der Waals surface area contributed by atoms with E-state index in [2.05, 4.69) is 39.5 Å². The molecule has 0 N–H and O–H groups in total. The molecular weight excluding hydrogens is 300 g/mol. The van der Waals surface area contributed by atoms with Crippen LogP contribution in [0.2, 0.25) is 0 Å². The molecule has 1 saturated heterocycles. The van der Waals surface area contributed by atoms with E-state index in [1.807, 2.05) is 35.3 Å². The number of piperazine rings is 1. The van der Waals surface area contributed by atoms with Crippen molar-refractivity contribution in [3.8, 4) is 0 Å². The van der Waals surface area contributed by atoms with Crippen LogP contribution >= 0.6 is 0 Å². The fourth-order valence-electron chi connectivity index (χ4n) is 2.73. The number of Topliss-reactive ketones (excluding diaryl/α,β-unsaturated/α-hetero) is 1. The third kappa shape index (κ3) is 4.19. The topological polar surface area (TPSA) is 48.3 Å². The summed E-state index contributed by atoms with van der Waals surface area (Å²) in [5.74, 6) is 0.0828. The zero-order chi connectivity index (χ0) is 16.8. The van der Waals surface area contributed by atoms with Gasteiger partial charge in [-0.05, 0) is 24.6 Å². The molecule has 0 radical (unpaired) electrons. The second-order valence-electron chi connectivity index (χ2n) is 5.92. The largest absolute Gasteiger partial charge is 0.368 e. The number of nitrogens with zero attached hydrogens (tertiary/aromatic N) is 4. The van der Waals surface area contributed by atoms with Crippen molar-refractivity contribution >= 4 is 11.5 Å². The monoisotopic (exact) mass is 322 g/mol. The Labute approximate surface area is 142 Å². The van der Waals surface area contributed by atoms with Crippen LogP contribution in [-0.2, 0) is 6.54 Å². The normalized spacial score (nSPS) is 15.0. The molecule has 1 aliphatic rings. The van der Waals surface area contributed by atoms with Crippen LogP contribution in [0.3, 0.4) is 0 Å². The molecule has 124 valence electrons. The summed E-state index contributed by atoms with van der Waals surface area (Å²) in [4.78, 5) is 13.6. The Morgan fingerprint density at radius 3 is 2.25 bits per heavy atom. The van der Waals surface area contributed by atoms with Crippen LogP contribution in [0.25, 0.3) is 0 Å². The lowest BCUT2D eigenvalue weighted by Crippen LogP contribution is -2.43. The number of carbonyl (C=O) groups is 1. The number of hydrogen-bond acceptors (Lipinski definition) is 4. The minimum absolute atomic E-state index is 0.0828. The van der Waals surface area contributed by atoms with E-state index in [1.54, 1.807) is 6.92 Å². The van der Waals surface area contributed by atoms with Gasteiger partial charge in [-0.15, -0.1) is 0 Å². The summed E-state index contributed by atoms with van der Waals surface area (Å²) in [6, 6.07) is 18.0. The molecule has 3 rings (SSSR count). The molecule has 0 amide bonds. The van der Waals surface area contributed by atoms with Crippen LogP contribution in [0.5, 0.6) is 0 Å². The third-order valence-corrected chi connectivity index (χ3v) is 4.18. The molecule has 0 unspecified atom stereocenters. The minimum Gasteiger partial charge on any atom is -0.368 e. The van der Waals surface area contributed by atoms with Gasteiger partial charge in [-0.1, -0.05) is 47.7 Å². The van der Waals surface area contributed by atoms with Crippen molar-refractivity contribution in [2.75, 3.05) is 31.1 Å². The van der Waals surface area contributed by atoms with Crippen molar-refractivity contribution in [1.82, 2.24) is 5.01 Å². The van der Waals surface area contributed by atoms with Crippen LogP contribution in [0, 0.1) is 0 Å². The first-order valence-electron chi connectivity index (χ1n) is 8.24. The smallest absolute Gasteiger partial charge is 0.159 e. The van der Waals surface area contributed by atoms with Gasteiger partial charge in [0.15, 0.2) is 5.78 Å².